The summed E-state index contributed by atoms with van der Waals surface area (Å²) in [5, 5.41) is 9.70. The number of nitrogens with zero attached hydrogens (tertiary/aromatic N) is 1. The van der Waals surface area contributed by atoms with Gasteiger partial charge >= 0.3 is 7.12 Å². The second-order valence-corrected chi connectivity index (χ2v) is 6.98. The van der Waals surface area contributed by atoms with Crippen LogP contribution in [0.15, 0.2) is 42.5 Å². The molecule has 122 valence electrons. The number of hydrogen-bond donors (Lipinski definition) is 0. The van der Waals surface area contributed by atoms with Crippen molar-refractivity contribution in [1.82, 2.24) is 0 Å². The summed E-state index contributed by atoms with van der Waals surface area (Å²) in [7, 11) is -0.606. The molecule has 0 spiro atoms. The van der Waals surface area contributed by atoms with Crippen molar-refractivity contribution in [3.8, 4) is 17.2 Å². The first kappa shape index (κ1) is 16.7. The molecule has 1 aliphatic rings. The molecule has 0 radical (unpaired) electrons. The minimum atomic E-state index is -0.606. The van der Waals surface area contributed by atoms with E-state index in [1.54, 1.807) is 12.1 Å². The second-order valence-electron chi connectivity index (χ2n) is 6.98. The normalized spacial score (nSPS) is 18.4. The Kier molecular flexibility index (Phi) is 3.99. The van der Waals surface area contributed by atoms with Gasteiger partial charge in [-0.15, -0.1) is 0 Å². The van der Waals surface area contributed by atoms with Crippen LogP contribution in [0.2, 0.25) is 0 Å². The van der Waals surface area contributed by atoms with E-state index in [9.17, 15) is 9.65 Å². The first-order valence-electron chi connectivity index (χ1n) is 7.90. The highest BCUT2D eigenvalue weighted by Gasteiger charge is 2.52. The summed E-state index contributed by atoms with van der Waals surface area (Å²) < 4.78 is 25.3. The van der Waals surface area contributed by atoms with E-state index in [0.29, 0.717) is 11.0 Å². The zero-order chi connectivity index (χ0) is 17.5. The molecule has 0 aliphatic carbocycles. The summed E-state index contributed by atoms with van der Waals surface area (Å²) in [6.07, 6.45) is 0. The van der Waals surface area contributed by atoms with Gasteiger partial charge in [-0.2, -0.15) is 5.26 Å². The van der Waals surface area contributed by atoms with Gasteiger partial charge in [-0.05, 0) is 51.0 Å². The summed E-state index contributed by atoms with van der Waals surface area (Å²) in [5.74, 6) is -0.306. The molecule has 1 aliphatic heterocycles. The molecule has 0 aromatic heterocycles. The minimum absolute atomic E-state index is 0.306. The quantitative estimate of drug-likeness (QED) is 0.792. The Morgan fingerprint density at radius 3 is 2.08 bits per heavy atom. The smallest absolute Gasteiger partial charge is 0.399 e. The fraction of sp³-hybridized carbons (Fsp3) is 0.316. The van der Waals surface area contributed by atoms with Crippen LogP contribution in [0.25, 0.3) is 11.1 Å². The Balaban J connectivity index is 2.07. The summed E-state index contributed by atoms with van der Waals surface area (Å²) in [6, 6.07) is 13.9. The van der Waals surface area contributed by atoms with Crippen LogP contribution >= 0.6 is 0 Å². The molecule has 1 heterocycles. The van der Waals surface area contributed by atoms with Crippen LogP contribution in [0.5, 0.6) is 0 Å². The fourth-order valence-electron chi connectivity index (χ4n) is 2.73. The molecule has 2 aromatic rings. The molecule has 1 saturated heterocycles. The van der Waals surface area contributed by atoms with Crippen molar-refractivity contribution in [1.29, 1.82) is 5.26 Å². The van der Waals surface area contributed by atoms with Crippen molar-refractivity contribution >= 4 is 12.6 Å². The summed E-state index contributed by atoms with van der Waals surface area (Å²) in [6.45, 7) is 7.90. The molecular weight excluding hydrogens is 304 g/mol. The minimum Gasteiger partial charge on any atom is -0.399 e. The Bertz CT molecular complexity index is 793. The Labute approximate surface area is 142 Å². The third-order valence-electron chi connectivity index (χ3n) is 4.87. The van der Waals surface area contributed by atoms with Crippen molar-refractivity contribution in [3.05, 3.63) is 53.8 Å². The van der Waals surface area contributed by atoms with Crippen LogP contribution in [0.3, 0.4) is 0 Å². The Hall–Kier alpha value is -2.16. The largest absolute Gasteiger partial charge is 0.496 e. The van der Waals surface area contributed by atoms with Gasteiger partial charge in [0.25, 0.3) is 0 Å². The van der Waals surface area contributed by atoms with Gasteiger partial charge in [0.1, 0.15) is 5.82 Å². The molecule has 24 heavy (non-hydrogen) atoms. The van der Waals surface area contributed by atoms with Gasteiger partial charge in [0.15, 0.2) is 0 Å². The Morgan fingerprint density at radius 2 is 1.54 bits per heavy atom. The van der Waals surface area contributed by atoms with E-state index in [-0.39, 0.29) is 5.82 Å². The topological polar surface area (TPSA) is 42.2 Å². The van der Waals surface area contributed by atoms with Gasteiger partial charge in [0.2, 0.25) is 0 Å². The fourth-order valence-corrected chi connectivity index (χ4v) is 2.73. The maximum atomic E-state index is 13.2. The van der Waals surface area contributed by atoms with E-state index in [1.807, 2.05) is 45.9 Å². The summed E-state index contributed by atoms with van der Waals surface area (Å²) >= 11 is 0. The molecule has 0 atom stereocenters. The van der Waals surface area contributed by atoms with Crippen molar-refractivity contribution in [2.45, 2.75) is 38.9 Å². The molecule has 0 saturated carbocycles. The molecule has 0 unspecified atom stereocenters. The van der Waals surface area contributed by atoms with Crippen LogP contribution in [0.1, 0.15) is 33.3 Å². The first-order valence-corrected chi connectivity index (χ1v) is 7.90. The number of nitriles is 1. The van der Waals surface area contributed by atoms with E-state index in [4.69, 9.17) is 9.31 Å². The molecule has 0 N–H and O–H groups in total. The van der Waals surface area contributed by atoms with E-state index in [1.165, 1.54) is 12.1 Å². The van der Waals surface area contributed by atoms with Gasteiger partial charge < -0.3 is 9.31 Å². The van der Waals surface area contributed by atoms with Crippen LogP contribution < -0.4 is 5.46 Å². The Morgan fingerprint density at radius 1 is 0.958 bits per heavy atom. The zero-order valence-corrected chi connectivity index (χ0v) is 14.3. The second kappa shape index (κ2) is 5.73. The first-order chi connectivity index (χ1) is 11.2. The lowest BCUT2D eigenvalue weighted by atomic mass is 9.74. The highest BCUT2D eigenvalue weighted by atomic mass is 19.1. The van der Waals surface area contributed by atoms with E-state index in [0.717, 1.165) is 11.1 Å². The third kappa shape index (κ3) is 2.73. The van der Waals surface area contributed by atoms with Crippen LogP contribution in [0.4, 0.5) is 4.39 Å². The standard InChI is InChI=1S/C19H19BFNO2/c1-18(2)19(3,4)24-20(23-18)17-7-5-6-15(16(17)12-22)13-8-10-14(21)11-9-13/h5-11H,1-4H3. The maximum absolute atomic E-state index is 13.2. The predicted octanol–water partition coefficient (Wildman–Crippen LogP) is 3.66. The third-order valence-corrected chi connectivity index (χ3v) is 4.87. The molecule has 0 amide bonds. The molecule has 5 heteroatoms. The van der Waals surface area contributed by atoms with Crippen molar-refractivity contribution in [2.75, 3.05) is 0 Å². The number of hydrogen-bond acceptors (Lipinski definition) is 3. The number of halogens is 1. The van der Waals surface area contributed by atoms with Crippen LogP contribution in [-0.2, 0) is 9.31 Å². The number of rotatable bonds is 2. The van der Waals surface area contributed by atoms with Crippen molar-refractivity contribution in [3.63, 3.8) is 0 Å². The SMILES string of the molecule is CC1(C)OB(c2cccc(-c3ccc(F)cc3)c2C#N)OC1(C)C. The van der Waals surface area contributed by atoms with Gasteiger partial charge in [0, 0.05) is 5.46 Å². The summed E-state index contributed by atoms with van der Waals surface area (Å²) in [5.41, 5.74) is 1.75. The molecule has 2 aromatic carbocycles. The zero-order valence-electron chi connectivity index (χ0n) is 14.3. The van der Waals surface area contributed by atoms with Gasteiger partial charge in [0.05, 0.1) is 22.8 Å². The van der Waals surface area contributed by atoms with Gasteiger partial charge in [-0.3, -0.25) is 0 Å². The van der Waals surface area contributed by atoms with Crippen LogP contribution in [0, 0.1) is 17.1 Å². The molecule has 1 fully saturated rings. The molecule has 3 nitrogen and oxygen atoms in total. The maximum Gasteiger partial charge on any atom is 0.496 e. The molecule has 0 bridgehead atoms. The summed E-state index contributed by atoms with van der Waals surface area (Å²) in [4.78, 5) is 0. The molecule has 3 rings (SSSR count). The highest BCUT2D eigenvalue weighted by molar-refractivity contribution is 6.63. The molecular formula is C19H19BFNO2. The van der Waals surface area contributed by atoms with Crippen LogP contribution in [-0.4, -0.2) is 18.3 Å². The highest BCUT2D eigenvalue weighted by Crippen LogP contribution is 2.37. The lowest BCUT2D eigenvalue weighted by Crippen LogP contribution is -2.41. The lowest BCUT2D eigenvalue weighted by molar-refractivity contribution is 0.00578. The predicted molar refractivity (Wildman–Crippen MR) is 92.3 cm³/mol. The average Bonchev–Trinajstić information content (AvgIpc) is 2.75. The van der Waals surface area contributed by atoms with E-state index >= 15 is 0 Å². The lowest BCUT2D eigenvalue weighted by Gasteiger charge is -2.32. The van der Waals surface area contributed by atoms with Crippen molar-refractivity contribution < 1.29 is 13.7 Å². The van der Waals surface area contributed by atoms with Gasteiger partial charge in [-0.25, -0.2) is 4.39 Å². The van der Waals surface area contributed by atoms with Crippen molar-refractivity contribution in [2.24, 2.45) is 0 Å². The van der Waals surface area contributed by atoms with E-state index in [2.05, 4.69) is 6.07 Å². The van der Waals surface area contributed by atoms with E-state index < -0.39 is 18.3 Å². The number of benzene rings is 2. The average molecular weight is 323 g/mol. The monoisotopic (exact) mass is 323 g/mol. The van der Waals surface area contributed by atoms with Gasteiger partial charge in [-0.1, -0.05) is 30.3 Å².